The van der Waals surface area contributed by atoms with Crippen molar-refractivity contribution in [2.45, 2.75) is 12.8 Å². The Morgan fingerprint density at radius 1 is 1.25 bits per heavy atom. The van der Waals surface area contributed by atoms with E-state index in [1.54, 1.807) is 23.5 Å². The highest BCUT2D eigenvalue weighted by Crippen LogP contribution is 2.22. The van der Waals surface area contributed by atoms with E-state index in [-0.39, 0.29) is 5.82 Å². The Hall–Kier alpha value is -0.870. The third-order valence-corrected chi connectivity index (χ3v) is 3.47. The number of rotatable bonds is 4. The number of thiazole rings is 1. The van der Waals surface area contributed by atoms with E-state index < -0.39 is 0 Å². The van der Waals surface area contributed by atoms with Crippen molar-refractivity contribution in [1.82, 2.24) is 4.98 Å². The first kappa shape index (κ1) is 11.6. The maximum absolute atomic E-state index is 12.7. The summed E-state index contributed by atoms with van der Waals surface area (Å²) in [5.41, 5.74) is 1.90. The first-order valence-electron chi connectivity index (χ1n) is 5.11. The van der Waals surface area contributed by atoms with Gasteiger partial charge in [-0.2, -0.15) is 12.6 Å². The second-order valence-corrected chi connectivity index (χ2v) is 4.85. The average Bonchev–Trinajstić information content (AvgIpc) is 2.76. The van der Waals surface area contributed by atoms with Crippen molar-refractivity contribution in [3.63, 3.8) is 0 Å². The molecular formula is C12H12FNS2. The number of aromatic nitrogens is 1. The Bertz CT molecular complexity index is 450. The third kappa shape index (κ3) is 2.83. The lowest BCUT2D eigenvalue weighted by molar-refractivity contribution is 0.628. The summed E-state index contributed by atoms with van der Waals surface area (Å²) in [5.74, 6) is 0.667. The Labute approximate surface area is 104 Å². The molecule has 0 unspecified atom stereocenters. The van der Waals surface area contributed by atoms with Crippen molar-refractivity contribution in [3.05, 3.63) is 40.5 Å². The molecule has 0 fully saturated rings. The molecule has 16 heavy (non-hydrogen) atoms. The van der Waals surface area contributed by atoms with Crippen LogP contribution in [0, 0.1) is 5.82 Å². The predicted molar refractivity (Wildman–Crippen MR) is 69.7 cm³/mol. The Balaban J connectivity index is 2.15. The summed E-state index contributed by atoms with van der Waals surface area (Å²) in [6, 6.07) is 6.43. The van der Waals surface area contributed by atoms with Crippen LogP contribution in [-0.4, -0.2) is 10.7 Å². The van der Waals surface area contributed by atoms with E-state index in [0.29, 0.717) is 0 Å². The zero-order chi connectivity index (χ0) is 11.4. The van der Waals surface area contributed by atoms with E-state index in [0.717, 1.165) is 34.9 Å². The predicted octanol–water partition coefficient (Wildman–Crippen LogP) is 3.81. The van der Waals surface area contributed by atoms with E-state index in [2.05, 4.69) is 17.6 Å². The molecule has 0 saturated carbocycles. The summed E-state index contributed by atoms with van der Waals surface area (Å²) in [7, 11) is 0. The molecule has 0 aliphatic rings. The van der Waals surface area contributed by atoms with Crippen molar-refractivity contribution in [2.75, 3.05) is 5.75 Å². The van der Waals surface area contributed by atoms with Crippen molar-refractivity contribution in [2.24, 2.45) is 0 Å². The van der Waals surface area contributed by atoms with Crippen LogP contribution in [-0.2, 0) is 6.42 Å². The van der Waals surface area contributed by atoms with E-state index >= 15 is 0 Å². The zero-order valence-electron chi connectivity index (χ0n) is 8.69. The van der Waals surface area contributed by atoms with E-state index in [1.165, 1.54) is 12.1 Å². The van der Waals surface area contributed by atoms with Gasteiger partial charge in [0.1, 0.15) is 5.82 Å². The van der Waals surface area contributed by atoms with Crippen LogP contribution in [0.2, 0.25) is 0 Å². The highest BCUT2D eigenvalue weighted by Gasteiger charge is 2.04. The summed E-state index contributed by atoms with van der Waals surface area (Å²) in [4.78, 5) is 4.51. The summed E-state index contributed by atoms with van der Waals surface area (Å²) < 4.78 is 12.7. The summed E-state index contributed by atoms with van der Waals surface area (Å²) in [6.07, 6.45) is 2.01. The van der Waals surface area contributed by atoms with Crippen LogP contribution >= 0.6 is 24.0 Å². The molecule has 4 heteroatoms. The minimum absolute atomic E-state index is 0.214. The van der Waals surface area contributed by atoms with Crippen molar-refractivity contribution in [1.29, 1.82) is 0 Å². The van der Waals surface area contributed by atoms with Crippen LogP contribution < -0.4 is 0 Å². The molecule has 0 spiro atoms. The number of aryl methyl sites for hydroxylation is 1. The second-order valence-electron chi connectivity index (χ2n) is 3.46. The van der Waals surface area contributed by atoms with Gasteiger partial charge >= 0.3 is 0 Å². The van der Waals surface area contributed by atoms with Gasteiger partial charge in [-0.05, 0) is 36.4 Å². The molecule has 84 valence electrons. The molecule has 0 amide bonds. The summed E-state index contributed by atoms with van der Waals surface area (Å²) >= 11 is 5.82. The molecule has 0 saturated heterocycles. The molecule has 0 aliphatic heterocycles. The van der Waals surface area contributed by atoms with Crippen molar-refractivity contribution < 1.29 is 4.39 Å². The van der Waals surface area contributed by atoms with Gasteiger partial charge in [0.2, 0.25) is 0 Å². The fourth-order valence-corrected chi connectivity index (χ4v) is 2.42. The summed E-state index contributed by atoms with van der Waals surface area (Å²) in [5, 5.41) is 3.13. The molecular weight excluding hydrogens is 241 g/mol. The van der Waals surface area contributed by atoms with Gasteiger partial charge < -0.3 is 0 Å². The minimum atomic E-state index is -0.214. The van der Waals surface area contributed by atoms with E-state index in [9.17, 15) is 4.39 Å². The highest BCUT2D eigenvalue weighted by molar-refractivity contribution is 7.80. The van der Waals surface area contributed by atoms with Gasteiger partial charge in [0.05, 0.1) is 10.7 Å². The Kier molecular flexibility index (Phi) is 3.96. The minimum Gasteiger partial charge on any atom is -0.241 e. The first-order chi connectivity index (χ1) is 7.79. The van der Waals surface area contributed by atoms with Gasteiger partial charge in [-0.3, -0.25) is 0 Å². The van der Waals surface area contributed by atoms with Crippen LogP contribution in [0.1, 0.15) is 11.4 Å². The fraction of sp³-hybridized carbons (Fsp3) is 0.250. The normalized spacial score (nSPS) is 10.6. The zero-order valence-corrected chi connectivity index (χ0v) is 10.4. The molecule has 1 aromatic heterocycles. The quantitative estimate of drug-likeness (QED) is 0.817. The molecule has 2 aromatic rings. The number of hydrogen-bond acceptors (Lipinski definition) is 3. The van der Waals surface area contributed by atoms with Gasteiger partial charge in [0.25, 0.3) is 0 Å². The molecule has 0 bridgehead atoms. The van der Waals surface area contributed by atoms with Crippen LogP contribution in [0.4, 0.5) is 4.39 Å². The number of nitrogens with zero attached hydrogens (tertiary/aromatic N) is 1. The Morgan fingerprint density at radius 3 is 2.69 bits per heavy atom. The molecule has 0 atom stereocenters. The van der Waals surface area contributed by atoms with Crippen LogP contribution in [0.3, 0.4) is 0 Å². The van der Waals surface area contributed by atoms with Crippen LogP contribution in [0.15, 0.2) is 29.6 Å². The molecule has 2 rings (SSSR count). The van der Waals surface area contributed by atoms with Gasteiger partial charge in [-0.25, -0.2) is 9.37 Å². The SMILES string of the molecule is Fc1ccc(-c2csc(CCCS)n2)cc1. The molecule has 0 aliphatic carbocycles. The topological polar surface area (TPSA) is 12.9 Å². The first-order valence-corrected chi connectivity index (χ1v) is 6.62. The molecule has 1 nitrogen and oxygen atoms in total. The lowest BCUT2D eigenvalue weighted by Crippen LogP contribution is -1.85. The molecule has 1 aromatic carbocycles. The average molecular weight is 253 g/mol. The van der Waals surface area contributed by atoms with Gasteiger partial charge in [0.15, 0.2) is 0 Å². The summed E-state index contributed by atoms with van der Waals surface area (Å²) in [6.45, 7) is 0. The monoisotopic (exact) mass is 253 g/mol. The smallest absolute Gasteiger partial charge is 0.123 e. The largest absolute Gasteiger partial charge is 0.241 e. The molecule has 0 radical (unpaired) electrons. The third-order valence-electron chi connectivity index (χ3n) is 2.24. The van der Waals surface area contributed by atoms with Gasteiger partial charge in [-0.15, -0.1) is 11.3 Å². The van der Waals surface area contributed by atoms with Crippen LogP contribution in [0.5, 0.6) is 0 Å². The lowest BCUT2D eigenvalue weighted by atomic mass is 10.2. The standard InChI is InChI=1S/C12H12FNS2/c13-10-5-3-9(4-6-10)11-8-16-12(14-11)2-1-7-15/h3-6,8,15H,1-2,7H2. The number of benzene rings is 1. The van der Waals surface area contributed by atoms with E-state index in [1.807, 2.05) is 5.38 Å². The van der Waals surface area contributed by atoms with Crippen molar-refractivity contribution in [3.8, 4) is 11.3 Å². The maximum Gasteiger partial charge on any atom is 0.123 e. The molecule has 1 heterocycles. The van der Waals surface area contributed by atoms with Crippen molar-refractivity contribution >= 4 is 24.0 Å². The van der Waals surface area contributed by atoms with E-state index in [4.69, 9.17) is 0 Å². The van der Waals surface area contributed by atoms with Gasteiger partial charge in [0, 0.05) is 17.4 Å². The van der Waals surface area contributed by atoms with Gasteiger partial charge in [-0.1, -0.05) is 0 Å². The maximum atomic E-state index is 12.7. The van der Waals surface area contributed by atoms with Crippen LogP contribution in [0.25, 0.3) is 11.3 Å². The fourth-order valence-electron chi connectivity index (χ4n) is 1.41. The second kappa shape index (κ2) is 5.46. The number of hydrogen-bond donors (Lipinski definition) is 1. The number of halogens is 1. The number of thiol groups is 1. The lowest BCUT2D eigenvalue weighted by Gasteiger charge is -1.95. The highest BCUT2D eigenvalue weighted by atomic mass is 32.1. The Morgan fingerprint density at radius 2 is 2.00 bits per heavy atom. The molecule has 0 N–H and O–H groups in total.